The van der Waals surface area contributed by atoms with Gasteiger partial charge in [0.1, 0.15) is 17.1 Å². The van der Waals surface area contributed by atoms with E-state index in [1.165, 1.54) is 0 Å². The number of halogens is 3. The summed E-state index contributed by atoms with van der Waals surface area (Å²) in [7, 11) is 0. The quantitative estimate of drug-likeness (QED) is 0.767. The van der Waals surface area contributed by atoms with Crippen molar-refractivity contribution in [3.05, 3.63) is 23.3 Å². The molecular weight excluding hydrogens is 258 g/mol. The second kappa shape index (κ2) is 4.44. The van der Waals surface area contributed by atoms with Crippen LogP contribution in [0.25, 0.3) is 0 Å². The molecule has 0 saturated carbocycles. The second-order valence-electron chi connectivity index (χ2n) is 3.77. The maximum atomic E-state index is 13.6. The first kappa shape index (κ1) is 13.6. The van der Waals surface area contributed by atoms with Crippen LogP contribution in [0.5, 0.6) is 0 Å². The Bertz CT molecular complexity index is 444. The average molecular weight is 267 g/mol. The highest BCUT2D eigenvalue weighted by atomic mass is 35.5. The van der Waals surface area contributed by atoms with Crippen molar-refractivity contribution in [1.29, 1.82) is 0 Å². The number of carbonyl (C=O) groups is 2. The number of hydrogen-bond acceptors (Lipinski definition) is 2. The number of alkyl halides is 1. The van der Waals surface area contributed by atoms with Gasteiger partial charge in [-0.05, 0) is 6.92 Å². The van der Waals surface area contributed by atoms with Crippen molar-refractivity contribution in [2.24, 2.45) is 11.3 Å². The van der Waals surface area contributed by atoms with E-state index >= 15 is 0 Å². The molecule has 0 saturated heterocycles. The van der Waals surface area contributed by atoms with Crippen LogP contribution in [-0.2, 0) is 9.59 Å². The van der Waals surface area contributed by atoms with Crippen LogP contribution in [0.1, 0.15) is 6.92 Å². The van der Waals surface area contributed by atoms with Crippen LogP contribution >= 0.6 is 11.6 Å². The van der Waals surface area contributed by atoms with E-state index < -0.39 is 46.4 Å². The van der Waals surface area contributed by atoms with E-state index in [-0.39, 0.29) is 6.08 Å². The van der Waals surface area contributed by atoms with Crippen molar-refractivity contribution >= 4 is 23.5 Å². The molecule has 0 aromatic carbocycles. The highest BCUT2D eigenvalue weighted by molar-refractivity contribution is 6.19. The van der Waals surface area contributed by atoms with Gasteiger partial charge in [0.25, 0.3) is 0 Å². The fraction of sp³-hybridized carbons (Fsp3) is 0.400. The highest BCUT2D eigenvalue weighted by Crippen LogP contribution is 2.46. The molecule has 94 valence electrons. The smallest absolute Gasteiger partial charge is 0.334 e. The zero-order chi connectivity index (χ0) is 13.4. The van der Waals surface area contributed by atoms with Crippen molar-refractivity contribution in [2.75, 3.05) is 5.88 Å². The third-order valence-corrected chi connectivity index (χ3v) is 3.19. The summed E-state index contributed by atoms with van der Waals surface area (Å²) in [6.45, 7) is 0.976. The highest BCUT2D eigenvalue weighted by Gasteiger charge is 2.51. The van der Waals surface area contributed by atoms with Crippen molar-refractivity contribution < 1.29 is 28.6 Å². The summed E-state index contributed by atoms with van der Waals surface area (Å²) in [5.41, 5.74) is -2.98. The molecule has 4 nitrogen and oxygen atoms in total. The molecule has 0 aromatic heterocycles. The van der Waals surface area contributed by atoms with Gasteiger partial charge < -0.3 is 10.2 Å². The Morgan fingerprint density at radius 3 is 2.35 bits per heavy atom. The first-order valence-corrected chi connectivity index (χ1v) is 5.10. The number of allylic oxidation sites excluding steroid dienone is 2. The van der Waals surface area contributed by atoms with E-state index in [0.29, 0.717) is 0 Å². The van der Waals surface area contributed by atoms with Gasteiger partial charge >= 0.3 is 11.9 Å². The minimum atomic E-state index is -2.16. The molecule has 2 unspecified atom stereocenters. The van der Waals surface area contributed by atoms with Crippen LogP contribution in [-0.4, -0.2) is 28.0 Å². The second-order valence-corrected chi connectivity index (χ2v) is 4.08. The van der Waals surface area contributed by atoms with Crippen LogP contribution in [0, 0.1) is 11.3 Å². The van der Waals surface area contributed by atoms with E-state index in [1.54, 1.807) is 0 Å². The van der Waals surface area contributed by atoms with E-state index in [4.69, 9.17) is 21.8 Å². The molecule has 0 bridgehead atoms. The summed E-state index contributed by atoms with van der Waals surface area (Å²) in [6.07, 6.45) is 0.278. The molecule has 1 rings (SSSR count). The van der Waals surface area contributed by atoms with Gasteiger partial charge in [0, 0.05) is 17.9 Å². The number of hydrogen-bond donors (Lipinski definition) is 2. The lowest BCUT2D eigenvalue weighted by atomic mass is 9.70. The molecule has 17 heavy (non-hydrogen) atoms. The lowest BCUT2D eigenvalue weighted by molar-refractivity contribution is -0.149. The Morgan fingerprint density at radius 2 is 2.00 bits per heavy atom. The molecule has 2 N–H and O–H groups in total. The maximum Gasteiger partial charge on any atom is 0.334 e. The number of carboxylic acids is 2. The first-order valence-electron chi connectivity index (χ1n) is 4.56. The van der Waals surface area contributed by atoms with Gasteiger partial charge in [0.05, 0.1) is 5.57 Å². The summed E-state index contributed by atoms with van der Waals surface area (Å²) in [5.74, 6) is -7.78. The third-order valence-electron chi connectivity index (χ3n) is 2.88. The van der Waals surface area contributed by atoms with Crippen LogP contribution in [0.2, 0.25) is 0 Å². The van der Waals surface area contributed by atoms with E-state index in [0.717, 1.165) is 6.92 Å². The van der Waals surface area contributed by atoms with E-state index in [9.17, 15) is 18.4 Å². The standard InChI is InChI=1S/C10H9ClF2O4/c1-10(9(16)17)4(3-11)7(8(14)15)5(12)2-6(10)13/h2,4H,3H2,1H3,(H,14,15)(H,16,17). The molecule has 0 spiro atoms. The Hall–Kier alpha value is -1.43. The summed E-state index contributed by atoms with van der Waals surface area (Å²) in [6, 6.07) is 0. The zero-order valence-electron chi connectivity index (χ0n) is 8.71. The largest absolute Gasteiger partial charge is 0.481 e. The minimum absolute atomic E-state index is 0.278. The Labute approximate surface area is 100 Å². The monoisotopic (exact) mass is 266 g/mol. The van der Waals surface area contributed by atoms with Crippen molar-refractivity contribution in [1.82, 2.24) is 0 Å². The van der Waals surface area contributed by atoms with Gasteiger partial charge in [-0.1, -0.05) is 0 Å². The predicted molar refractivity (Wildman–Crippen MR) is 54.9 cm³/mol. The Morgan fingerprint density at radius 1 is 1.47 bits per heavy atom. The molecule has 0 aromatic rings. The van der Waals surface area contributed by atoms with Gasteiger partial charge in [0.15, 0.2) is 0 Å². The van der Waals surface area contributed by atoms with Gasteiger partial charge in [-0.15, -0.1) is 11.6 Å². The first-order chi connectivity index (χ1) is 7.76. The minimum Gasteiger partial charge on any atom is -0.481 e. The summed E-state index contributed by atoms with van der Waals surface area (Å²) < 4.78 is 26.9. The van der Waals surface area contributed by atoms with E-state index in [1.807, 2.05) is 0 Å². The van der Waals surface area contributed by atoms with Gasteiger partial charge in [0.2, 0.25) is 0 Å². The van der Waals surface area contributed by atoms with Crippen molar-refractivity contribution in [2.45, 2.75) is 6.92 Å². The number of aliphatic carboxylic acids is 2. The molecular formula is C10H9ClF2O4. The number of carboxylic acid groups (broad SMARTS) is 2. The molecule has 1 aliphatic rings. The molecule has 0 aliphatic heterocycles. The topological polar surface area (TPSA) is 74.6 Å². The van der Waals surface area contributed by atoms with Gasteiger partial charge in [-0.25, -0.2) is 13.6 Å². The third kappa shape index (κ3) is 1.93. The molecule has 2 atom stereocenters. The lowest BCUT2D eigenvalue weighted by Crippen LogP contribution is -2.42. The predicted octanol–water partition coefficient (Wildman–Crippen LogP) is 2.11. The van der Waals surface area contributed by atoms with Crippen LogP contribution in [0.15, 0.2) is 23.3 Å². The summed E-state index contributed by atoms with van der Waals surface area (Å²) in [5, 5.41) is 17.8. The molecule has 0 heterocycles. The maximum absolute atomic E-state index is 13.6. The Balaban J connectivity index is 3.47. The van der Waals surface area contributed by atoms with Gasteiger partial charge in [-0.2, -0.15) is 0 Å². The fourth-order valence-corrected chi connectivity index (χ4v) is 2.16. The van der Waals surface area contributed by atoms with Crippen LogP contribution < -0.4 is 0 Å². The Kier molecular flexibility index (Phi) is 3.56. The SMILES string of the molecule is CC1(C(=O)O)C(F)=CC(F)=C(C(=O)O)C1CCl. The lowest BCUT2D eigenvalue weighted by Gasteiger charge is -2.34. The molecule has 1 aliphatic carbocycles. The van der Waals surface area contributed by atoms with Crippen LogP contribution in [0.4, 0.5) is 8.78 Å². The van der Waals surface area contributed by atoms with E-state index in [2.05, 4.69) is 0 Å². The normalized spacial score (nSPS) is 28.9. The molecule has 0 radical (unpaired) electrons. The molecule has 7 heteroatoms. The van der Waals surface area contributed by atoms with Crippen molar-refractivity contribution in [3.8, 4) is 0 Å². The van der Waals surface area contributed by atoms with Crippen LogP contribution in [0.3, 0.4) is 0 Å². The summed E-state index contributed by atoms with van der Waals surface area (Å²) in [4.78, 5) is 21.9. The zero-order valence-corrected chi connectivity index (χ0v) is 9.46. The summed E-state index contributed by atoms with van der Waals surface area (Å²) >= 11 is 5.46. The molecule has 0 amide bonds. The molecule has 0 fully saturated rings. The fourth-order valence-electron chi connectivity index (χ4n) is 1.69. The average Bonchev–Trinajstić information content (AvgIpc) is 2.21. The van der Waals surface area contributed by atoms with Gasteiger partial charge in [-0.3, -0.25) is 4.79 Å². The van der Waals surface area contributed by atoms with Crippen molar-refractivity contribution in [3.63, 3.8) is 0 Å². The number of rotatable bonds is 3.